The van der Waals surface area contributed by atoms with Gasteiger partial charge in [-0.3, -0.25) is 0 Å². The lowest BCUT2D eigenvalue weighted by molar-refractivity contribution is -0.132. The normalized spacial score (nSPS) is 12.4. The molecule has 1 rings (SSSR count). The molecule has 96 valence electrons. The molecule has 0 amide bonds. The molecule has 1 aromatic rings. The largest absolute Gasteiger partial charge is 0.478 e. The average Bonchev–Trinajstić information content (AvgIpc) is 2.34. The van der Waals surface area contributed by atoms with E-state index in [-0.39, 0.29) is 5.57 Å². The van der Waals surface area contributed by atoms with Gasteiger partial charge in [-0.1, -0.05) is 35.9 Å². The van der Waals surface area contributed by atoms with Crippen LogP contribution in [0, 0.1) is 0 Å². The quantitative estimate of drug-likeness (QED) is 0.634. The van der Waals surface area contributed by atoms with Crippen molar-refractivity contribution >= 4 is 17.6 Å². The first-order chi connectivity index (χ1) is 8.54. The van der Waals surface area contributed by atoms with Crippen LogP contribution < -0.4 is 5.32 Å². The van der Waals surface area contributed by atoms with Gasteiger partial charge in [0.15, 0.2) is 0 Å². The van der Waals surface area contributed by atoms with E-state index in [1.54, 1.807) is 19.1 Å². The molecule has 18 heavy (non-hydrogen) atoms. The van der Waals surface area contributed by atoms with E-state index in [1.807, 2.05) is 31.2 Å². The van der Waals surface area contributed by atoms with E-state index < -0.39 is 5.97 Å². The lowest BCUT2D eigenvalue weighted by atomic mass is 10.2. The lowest BCUT2D eigenvalue weighted by Crippen LogP contribution is -2.12. The summed E-state index contributed by atoms with van der Waals surface area (Å²) in [6.45, 7) is 4.09. The molecular formula is C14H16ClNO2. The van der Waals surface area contributed by atoms with E-state index in [0.717, 1.165) is 11.3 Å². The molecule has 0 atom stereocenters. The zero-order valence-electron chi connectivity index (χ0n) is 10.4. The van der Waals surface area contributed by atoms with Gasteiger partial charge in [0.25, 0.3) is 0 Å². The fraction of sp³-hybridized carbons (Fsp3) is 0.214. The number of nitrogens with one attached hydrogen (secondary N) is 1. The van der Waals surface area contributed by atoms with Crippen LogP contribution in [-0.4, -0.2) is 11.1 Å². The van der Waals surface area contributed by atoms with Crippen LogP contribution in [0.3, 0.4) is 0 Å². The van der Waals surface area contributed by atoms with Gasteiger partial charge in [0.05, 0.1) is 5.57 Å². The van der Waals surface area contributed by atoms with Crippen molar-refractivity contribution < 1.29 is 9.90 Å². The molecule has 0 unspecified atom stereocenters. The van der Waals surface area contributed by atoms with Gasteiger partial charge >= 0.3 is 5.97 Å². The number of aliphatic carboxylic acids is 1. The molecular weight excluding hydrogens is 250 g/mol. The summed E-state index contributed by atoms with van der Waals surface area (Å²) in [6.07, 6.45) is 3.15. The molecule has 0 bridgehead atoms. The average molecular weight is 266 g/mol. The minimum absolute atomic E-state index is 0.263. The van der Waals surface area contributed by atoms with Crippen molar-refractivity contribution in [2.45, 2.75) is 20.4 Å². The van der Waals surface area contributed by atoms with E-state index in [2.05, 4.69) is 5.32 Å². The summed E-state index contributed by atoms with van der Waals surface area (Å²) in [7, 11) is 0. The predicted molar refractivity (Wildman–Crippen MR) is 73.4 cm³/mol. The topological polar surface area (TPSA) is 49.3 Å². The Balaban J connectivity index is 2.67. The van der Waals surface area contributed by atoms with Crippen LogP contribution >= 0.6 is 11.6 Å². The number of carboxylic acid groups (broad SMARTS) is 1. The van der Waals surface area contributed by atoms with E-state index in [0.29, 0.717) is 11.6 Å². The Kier molecular flexibility index (Phi) is 5.46. The molecule has 3 nitrogen and oxygen atoms in total. The fourth-order valence-corrected chi connectivity index (χ4v) is 1.63. The van der Waals surface area contributed by atoms with Gasteiger partial charge < -0.3 is 10.4 Å². The number of hydrogen-bond acceptors (Lipinski definition) is 2. The van der Waals surface area contributed by atoms with Crippen LogP contribution in [0.25, 0.3) is 0 Å². The highest BCUT2D eigenvalue weighted by Crippen LogP contribution is 2.14. The zero-order chi connectivity index (χ0) is 13.5. The third-order valence-electron chi connectivity index (χ3n) is 2.45. The van der Waals surface area contributed by atoms with Gasteiger partial charge in [0, 0.05) is 17.3 Å². The first kappa shape index (κ1) is 14.3. The second-order valence-corrected chi connectivity index (χ2v) is 4.23. The summed E-state index contributed by atoms with van der Waals surface area (Å²) in [5.41, 5.74) is 2.02. The fourth-order valence-electron chi connectivity index (χ4n) is 1.43. The van der Waals surface area contributed by atoms with Gasteiger partial charge in [-0.15, -0.1) is 0 Å². The molecule has 2 N–H and O–H groups in total. The van der Waals surface area contributed by atoms with Crippen LogP contribution in [0.2, 0.25) is 5.02 Å². The van der Waals surface area contributed by atoms with Crippen molar-refractivity contribution in [2.24, 2.45) is 0 Å². The molecule has 0 aliphatic heterocycles. The maximum Gasteiger partial charge on any atom is 0.335 e. The minimum atomic E-state index is -0.934. The van der Waals surface area contributed by atoms with Crippen molar-refractivity contribution in [3.63, 3.8) is 0 Å². The molecule has 0 aliphatic rings. The second kappa shape index (κ2) is 6.87. The van der Waals surface area contributed by atoms with E-state index in [1.165, 1.54) is 0 Å². The summed E-state index contributed by atoms with van der Waals surface area (Å²) in [4.78, 5) is 10.8. The number of carboxylic acids is 1. The third kappa shape index (κ3) is 4.26. The van der Waals surface area contributed by atoms with Gasteiger partial charge in [0.1, 0.15) is 0 Å². The van der Waals surface area contributed by atoms with Gasteiger partial charge in [-0.2, -0.15) is 0 Å². The highest BCUT2D eigenvalue weighted by Gasteiger charge is 2.03. The van der Waals surface area contributed by atoms with E-state index in [9.17, 15) is 4.79 Å². The van der Waals surface area contributed by atoms with Crippen molar-refractivity contribution in [1.82, 2.24) is 5.32 Å². The lowest BCUT2D eigenvalue weighted by Gasteiger charge is -2.08. The highest BCUT2D eigenvalue weighted by molar-refractivity contribution is 6.31. The molecule has 0 aromatic heterocycles. The number of halogens is 1. The van der Waals surface area contributed by atoms with Crippen LogP contribution in [0.4, 0.5) is 0 Å². The summed E-state index contributed by atoms with van der Waals surface area (Å²) < 4.78 is 0. The molecule has 0 fully saturated rings. The molecule has 0 radical (unpaired) electrons. The summed E-state index contributed by atoms with van der Waals surface area (Å²) in [5, 5.41) is 12.7. The minimum Gasteiger partial charge on any atom is -0.478 e. The van der Waals surface area contributed by atoms with Crippen molar-refractivity contribution in [3.05, 3.63) is 58.3 Å². The number of allylic oxidation sites excluding steroid dienone is 2. The molecule has 4 heteroatoms. The Morgan fingerprint density at radius 3 is 2.67 bits per heavy atom. The molecule has 0 spiro atoms. The van der Waals surface area contributed by atoms with Crippen molar-refractivity contribution in [1.29, 1.82) is 0 Å². The predicted octanol–water partition coefficient (Wildman–Crippen LogP) is 3.36. The van der Waals surface area contributed by atoms with Crippen molar-refractivity contribution in [2.75, 3.05) is 0 Å². The summed E-state index contributed by atoms with van der Waals surface area (Å²) >= 11 is 6.03. The monoisotopic (exact) mass is 265 g/mol. The van der Waals surface area contributed by atoms with Gasteiger partial charge in [-0.25, -0.2) is 4.79 Å². The highest BCUT2D eigenvalue weighted by atomic mass is 35.5. The first-order valence-electron chi connectivity index (χ1n) is 5.59. The van der Waals surface area contributed by atoms with Crippen LogP contribution in [0.15, 0.2) is 47.7 Å². The smallest absolute Gasteiger partial charge is 0.335 e. The first-order valence-corrected chi connectivity index (χ1v) is 5.97. The second-order valence-electron chi connectivity index (χ2n) is 3.82. The standard InChI is InChI=1S/C14H16ClNO2/c1-3-11(14(17)18)8-10(2)16-9-12-6-4-5-7-13(12)15/h3-8,16H,9H2,1-2H3,(H,17,18)/b10-8-,11-3-. The zero-order valence-corrected chi connectivity index (χ0v) is 11.2. The maximum absolute atomic E-state index is 10.8. The van der Waals surface area contributed by atoms with E-state index in [4.69, 9.17) is 16.7 Å². The third-order valence-corrected chi connectivity index (χ3v) is 2.81. The van der Waals surface area contributed by atoms with Crippen LogP contribution in [0.5, 0.6) is 0 Å². The Labute approximate surface area is 112 Å². The Morgan fingerprint density at radius 1 is 1.44 bits per heavy atom. The molecule has 0 saturated carbocycles. The van der Waals surface area contributed by atoms with Gasteiger partial charge in [0.2, 0.25) is 0 Å². The van der Waals surface area contributed by atoms with E-state index >= 15 is 0 Å². The molecule has 1 aromatic carbocycles. The number of rotatable bonds is 5. The van der Waals surface area contributed by atoms with Crippen molar-refractivity contribution in [3.8, 4) is 0 Å². The number of benzene rings is 1. The Bertz CT molecular complexity index is 492. The summed E-state index contributed by atoms with van der Waals surface area (Å²) in [5.74, 6) is -0.934. The summed E-state index contributed by atoms with van der Waals surface area (Å²) in [6, 6.07) is 7.54. The molecule has 0 saturated heterocycles. The Hall–Kier alpha value is -1.74. The Morgan fingerprint density at radius 2 is 2.11 bits per heavy atom. The molecule has 0 aliphatic carbocycles. The number of carbonyl (C=O) groups is 1. The molecule has 0 heterocycles. The maximum atomic E-state index is 10.8. The van der Waals surface area contributed by atoms with Gasteiger partial charge in [-0.05, 0) is 31.6 Å². The SMILES string of the molecule is C/C=C(/C=C(/C)NCc1ccccc1Cl)C(=O)O. The van der Waals surface area contributed by atoms with Crippen LogP contribution in [0.1, 0.15) is 19.4 Å². The number of hydrogen-bond donors (Lipinski definition) is 2. The van der Waals surface area contributed by atoms with Crippen LogP contribution in [-0.2, 0) is 11.3 Å².